The van der Waals surface area contributed by atoms with Crippen LogP contribution in [0.15, 0.2) is 36.5 Å². The van der Waals surface area contributed by atoms with Crippen molar-refractivity contribution in [3.05, 3.63) is 42.1 Å². The van der Waals surface area contributed by atoms with Crippen LogP contribution in [-0.2, 0) is 0 Å². The van der Waals surface area contributed by atoms with Gasteiger partial charge >= 0.3 is 0 Å². The second-order valence-electron chi connectivity index (χ2n) is 2.95. The summed E-state index contributed by atoms with van der Waals surface area (Å²) in [6.07, 6.45) is 0.966. The van der Waals surface area contributed by atoms with Crippen LogP contribution in [0.25, 0.3) is 0 Å². The lowest BCUT2D eigenvalue weighted by molar-refractivity contribution is 1.11. The predicted molar refractivity (Wildman–Crippen MR) is 54.2 cm³/mol. The molecule has 1 nitrogen and oxygen atoms in total. The molecule has 1 N–H and O–H groups in total. The molecule has 1 rings (SSSR count). The average molecular weight is 161 g/mol. The molecular formula is C11H15N. The second-order valence-corrected chi connectivity index (χ2v) is 2.95. The summed E-state index contributed by atoms with van der Waals surface area (Å²) in [4.78, 5) is 0. The summed E-state index contributed by atoms with van der Waals surface area (Å²) < 4.78 is 0. The van der Waals surface area contributed by atoms with Gasteiger partial charge in [-0.25, -0.2) is 0 Å². The molecule has 1 aromatic rings. The summed E-state index contributed by atoms with van der Waals surface area (Å²) in [6.45, 7) is 8.05. The number of anilines is 1. The molecule has 1 heteroatoms. The summed E-state index contributed by atoms with van der Waals surface area (Å²) in [6, 6.07) is 8.31. The van der Waals surface area contributed by atoms with Crippen molar-refractivity contribution in [1.82, 2.24) is 0 Å². The van der Waals surface area contributed by atoms with Gasteiger partial charge in [0.1, 0.15) is 0 Å². The maximum Gasteiger partial charge on any atom is 0.0381 e. The van der Waals surface area contributed by atoms with Gasteiger partial charge in [0.15, 0.2) is 0 Å². The average Bonchev–Trinajstić information content (AvgIpc) is 2.09. The van der Waals surface area contributed by atoms with Gasteiger partial charge in [0.05, 0.1) is 0 Å². The first-order valence-corrected chi connectivity index (χ1v) is 4.24. The van der Waals surface area contributed by atoms with Gasteiger partial charge in [0, 0.05) is 11.4 Å². The molecule has 0 amide bonds. The molecule has 12 heavy (non-hydrogen) atoms. The van der Waals surface area contributed by atoms with Crippen LogP contribution in [0.5, 0.6) is 0 Å². The number of hydrogen-bond acceptors (Lipinski definition) is 1. The van der Waals surface area contributed by atoms with Crippen LogP contribution in [0, 0.1) is 6.92 Å². The third kappa shape index (κ3) is 2.42. The lowest BCUT2D eigenvalue weighted by Gasteiger charge is -2.06. The standard InChI is InChI=1S/C11H15N/c1-4-10(3)12-11-7-5-9(2)6-8-11/h5-8,12H,3-4H2,1-2H3. The third-order valence-corrected chi connectivity index (χ3v) is 1.80. The van der Waals surface area contributed by atoms with E-state index in [9.17, 15) is 0 Å². The van der Waals surface area contributed by atoms with E-state index >= 15 is 0 Å². The molecular weight excluding hydrogens is 146 g/mol. The van der Waals surface area contributed by atoms with Gasteiger partial charge in [0.2, 0.25) is 0 Å². The van der Waals surface area contributed by atoms with Crippen LogP contribution in [0.3, 0.4) is 0 Å². The first-order chi connectivity index (χ1) is 5.72. The zero-order chi connectivity index (χ0) is 8.97. The molecule has 0 saturated heterocycles. The Morgan fingerprint density at radius 2 is 1.92 bits per heavy atom. The lowest BCUT2D eigenvalue weighted by atomic mass is 10.2. The zero-order valence-electron chi connectivity index (χ0n) is 7.72. The number of benzene rings is 1. The fraction of sp³-hybridized carbons (Fsp3) is 0.273. The van der Waals surface area contributed by atoms with E-state index in [-0.39, 0.29) is 0 Å². The summed E-state index contributed by atoms with van der Waals surface area (Å²) in [5.74, 6) is 0. The van der Waals surface area contributed by atoms with Crippen molar-refractivity contribution < 1.29 is 0 Å². The molecule has 0 aromatic heterocycles. The van der Waals surface area contributed by atoms with Gasteiger partial charge < -0.3 is 5.32 Å². The molecule has 1 aromatic carbocycles. The topological polar surface area (TPSA) is 12.0 Å². The molecule has 0 spiro atoms. The molecule has 0 bridgehead atoms. The zero-order valence-corrected chi connectivity index (χ0v) is 7.72. The van der Waals surface area contributed by atoms with Crippen molar-refractivity contribution >= 4 is 5.69 Å². The third-order valence-electron chi connectivity index (χ3n) is 1.80. The smallest absolute Gasteiger partial charge is 0.0381 e. The molecule has 0 aliphatic carbocycles. The van der Waals surface area contributed by atoms with Gasteiger partial charge in [-0.2, -0.15) is 0 Å². The van der Waals surface area contributed by atoms with Gasteiger partial charge in [-0.05, 0) is 25.5 Å². The summed E-state index contributed by atoms with van der Waals surface area (Å²) >= 11 is 0. The number of nitrogens with one attached hydrogen (secondary N) is 1. The highest BCUT2D eigenvalue weighted by Gasteiger charge is 1.91. The first-order valence-electron chi connectivity index (χ1n) is 4.24. The minimum absolute atomic E-state index is 0.966. The summed E-state index contributed by atoms with van der Waals surface area (Å²) in [5, 5.41) is 3.22. The SMILES string of the molecule is C=C(CC)Nc1ccc(C)cc1. The van der Waals surface area contributed by atoms with Crippen LogP contribution in [0.4, 0.5) is 5.69 Å². The Hall–Kier alpha value is -1.24. The van der Waals surface area contributed by atoms with Gasteiger partial charge in [-0.1, -0.05) is 31.2 Å². The highest BCUT2D eigenvalue weighted by Crippen LogP contribution is 2.11. The van der Waals surface area contributed by atoms with E-state index in [2.05, 4.69) is 50.0 Å². The Labute approximate surface area is 74.1 Å². The van der Waals surface area contributed by atoms with Crippen LogP contribution >= 0.6 is 0 Å². The van der Waals surface area contributed by atoms with Crippen molar-refractivity contribution in [2.45, 2.75) is 20.3 Å². The van der Waals surface area contributed by atoms with Crippen molar-refractivity contribution in [2.75, 3.05) is 5.32 Å². The van der Waals surface area contributed by atoms with E-state index in [1.165, 1.54) is 5.56 Å². The van der Waals surface area contributed by atoms with Gasteiger partial charge in [0.25, 0.3) is 0 Å². The fourth-order valence-corrected chi connectivity index (χ4v) is 0.929. The number of allylic oxidation sites excluding steroid dienone is 1. The van der Waals surface area contributed by atoms with Crippen molar-refractivity contribution in [3.8, 4) is 0 Å². The van der Waals surface area contributed by atoms with E-state index in [0.29, 0.717) is 0 Å². The van der Waals surface area contributed by atoms with Crippen LogP contribution in [0.2, 0.25) is 0 Å². The van der Waals surface area contributed by atoms with Crippen molar-refractivity contribution in [1.29, 1.82) is 0 Å². The van der Waals surface area contributed by atoms with Gasteiger partial charge in [-0.15, -0.1) is 0 Å². The summed E-state index contributed by atoms with van der Waals surface area (Å²) in [5.41, 5.74) is 3.45. The molecule has 0 radical (unpaired) electrons. The molecule has 64 valence electrons. The number of rotatable bonds is 3. The van der Waals surface area contributed by atoms with Crippen LogP contribution < -0.4 is 5.32 Å². The Morgan fingerprint density at radius 3 is 2.42 bits per heavy atom. The lowest BCUT2D eigenvalue weighted by Crippen LogP contribution is -1.95. The molecule has 0 aliphatic rings. The Kier molecular flexibility index (Phi) is 2.92. The summed E-state index contributed by atoms with van der Waals surface area (Å²) in [7, 11) is 0. The first kappa shape index (κ1) is 8.85. The Morgan fingerprint density at radius 1 is 1.33 bits per heavy atom. The van der Waals surface area contributed by atoms with E-state index in [1.807, 2.05) is 0 Å². The molecule has 0 heterocycles. The molecule has 0 atom stereocenters. The molecule has 0 fully saturated rings. The number of hydrogen-bond donors (Lipinski definition) is 1. The highest BCUT2D eigenvalue weighted by atomic mass is 14.9. The fourth-order valence-electron chi connectivity index (χ4n) is 0.929. The van der Waals surface area contributed by atoms with Gasteiger partial charge in [-0.3, -0.25) is 0 Å². The molecule has 0 unspecified atom stereocenters. The predicted octanol–water partition coefficient (Wildman–Crippen LogP) is 3.33. The van der Waals surface area contributed by atoms with E-state index in [4.69, 9.17) is 0 Å². The Bertz CT molecular complexity index is 259. The molecule has 0 saturated carbocycles. The maximum atomic E-state index is 3.88. The monoisotopic (exact) mass is 161 g/mol. The van der Waals surface area contributed by atoms with Crippen LogP contribution in [0.1, 0.15) is 18.9 Å². The van der Waals surface area contributed by atoms with Crippen molar-refractivity contribution in [3.63, 3.8) is 0 Å². The van der Waals surface area contributed by atoms with E-state index in [1.54, 1.807) is 0 Å². The normalized spacial score (nSPS) is 9.50. The number of aryl methyl sites for hydroxylation is 1. The maximum absolute atomic E-state index is 3.88. The minimum Gasteiger partial charge on any atom is -0.359 e. The van der Waals surface area contributed by atoms with E-state index in [0.717, 1.165) is 17.8 Å². The Balaban J connectivity index is 2.64. The highest BCUT2D eigenvalue weighted by molar-refractivity contribution is 5.48. The van der Waals surface area contributed by atoms with Crippen LogP contribution in [-0.4, -0.2) is 0 Å². The quantitative estimate of drug-likeness (QED) is 0.717. The molecule has 0 aliphatic heterocycles. The van der Waals surface area contributed by atoms with E-state index < -0.39 is 0 Å². The second kappa shape index (κ2) is 3.96. The van der Waals surface area contributed by atoms with Crippen molar-refractivity contribution in [2.24, 2.45) is 0 Å². The minimum atomic E-state index is 0.966. The largest absolute Gasteiger partial charge is 0.359 e.